The van der Waals surface area contributed by atoms with Crippen LogP contribution >= 0.6 is 11.8 Å². The van der Waals surface area contributed by atoms with E-state index in [2.05, 4.69) is 47.8 Å². The van der Waals surface area contributed by atoms with E-state index in [1.807, 2.05) is 12.1 Å². The van der Waals surface area contributed by atoms with E-state index in [4.69, 9.17) is 9.47 Å². The van der Waals surface area contributed by atoms with Gasteiger partial charge in [-0.3, -0.25) is 0 Å². The zero-order valence-electron chi connectivity index (χ0n) is 18.3. The van der Waals surface area contributed by atoms with Crippen LogP contribution in [-0.2, 0) is 0 Å². The average Bonchev–Trinajstić information content (AvgIpc) is 2.73. The zero-order chi connectivity index (χ0) is 20.9. The normalized spacial score (nSPS) is 11.0. The number of thioether (sulfide) groups is 1. The van der Waals surface area contributed by atoms with Crippen LogP contribution in [0.1, 0.15) is 27.7 Å². The van der Waals surface area contributed by atoms with Crippen molar-refractivity contribution in [3.63, 3.8) is 0 Å². The molecule has 0 N–H and O–H groups in total. The van der Waals surface area contributed by atoms with Crippen molar-refractivity contribution in [2.45, 2.75) is 32.6 Å². The van der Waals surface area contributed by atoms with Gasteiger partial charge in [-0.2, -0.15) is 5.26 Å². The Kier molecular flexibility index (Phi) is 11.8. The highest BCUT2D eigenvalue weighted by molar-refractivity contribution is 8.03. The summed E-state index contributed by atoms with van der Waals surface area (Å²) in [7, 11) is 3.27. The fourth-order valence-electron chi connectivity index (χ4n) is 3.18. The van der Waals surface area contributed by atoms with Crippen LogP contribution < -0.4 is 14.4 Å². The summed E-state index contributed by atoms with van der Waals surface area (Å²) in [6.07, 6.45) is 0. The van der Waals surface area contributed by atoms with Crippen molar-refractivity contribution < 1.29 is 9.47 Å². The van der Waals surface area contributed by atoms with Gasteiger partial charge in [-0.25, -0.2) is 0 Å². The molecule has 0 fully saturated rings. The number of benzene rings is 1. The molecule has 0 bridgehead atoms. The topological polar surface area (TPSA) is 52.0 Å². The predicted molar refractivity (Wildman–Crippen MR) is 119 cm³/mol. The number of likely N-dealkylation sites (N-methyl/N-ethyl adjacent to an activating group) is 2. The number of methoxy groups -OCH3 is 2. The largest absolute Gasteiger partial charge is 0.493 e. The maximum Gasteiger partial charge on any atom is 0.162 e. The third kappa shape index (κ3) is 7.08. The molecular weight excluding hydrogens is 372 g/mol. The summed E-state index contributed by atoms with van der Waals surface area (Å²) < 4.78 is 11.0. The molecule has 0 heterocycles. The van der Waals surface area contributed by atoms with Gasteiger partial charge in [0, 0.05) is 43.2 Å². The van der Waals surface area contributed by atoms with Gasteiger partial charge in [0.2, 0.25) is 0 Å². The van der Waals surface area contributed by atoms with Crippen molar-refractivity contribution in [1.29, 1.82) is 5.26 Å². The Hall–Kier alpha value is -1.62. The van der Waals surface area contributed by atoms with Crippen LogP contribution in [-0.4, -0.2) is 76.4 Å². The molecule has 1 aromatic rings. The minimum absolute atomic E-state index is 0.649. The van der Waals surface area contributed by atoms with E-state index in [-0.39, 0.29) is 0 Å². The minimum atomic E-state index is 0.649. The molecule has 158 valence electrons. The van der Waals surface area contributed by atoms with E-state index in [1.165, 1.54) is 11.8 Å². The molecule has 0 unspecified atom stereocenters. The SMILES string of the molecule is CCN(CC)CCN(CCN(CC)CC)c1cc(OC)c(OC)cc1SC#N. The van der Waals surface area contributed by atoms with Crippen LogP contribution in [0.15, 0.2) is 17.0 Å². The number of ether oxygens (including phenoxy) is 2. The van der Waals surface area contributed by atoms with E-state index in [9.17, 15) is 5.26 Å². The number of anilines is 1. The lowest BCUT2D eigenvalue weighted by Gasteiger charge is -2.31. The molecule has 0 aromatic heterocycles. The van der Waals surface area contributed by atoms with Gasteiger partial charge in [0.1, 0.15) is 5.40 Å². The van der Waals surface area contributed by atoms with Gasteiger partial charge in [-0.1, -0.05) is 27.7 Å². The lowest BCUT2D eigenvalue weighted by Crippen LogP contribution is -2.40. The number of nitrogens with zero attached hydrogens (tertiary/aromatic N) is 4. The second kappa shape index (κ2) is 13.5. The van der Waals surface area contributed by atoms with Crippen molar-refractivity contribution in [1.82, 2.24) is 9.80 Å². The zero-order valence-corrected chi connectivity index (χ0v) is 19.1. The molecule has 1 aromatic carbocycles. The molecule has 0 aliphatic rings. The van der Waals surface area contributed by atoms with Gasteiger partial charge in [-0.05, 0) is 37.9 Å². The van der Waals surface area contributed by atoms with Gasteiger partial charge in [0.15, 0.2) is 11.5 Å². The highest BCUT2D eigenvalue weighted by Crippen LogP contribution is 2.39. The summed E-state index contributed by atoms with van der Waals surface area (Å²) in [5, 5.41) is 11.5. The fraction of sp³-hybridized carbons (Fsp3) is 0.667. The summed E-state index contributed by atoms with van der Waals surface area (Å²) in [5.74, 6) is 1.34. The van der Waals surface area contributed by atoms with Crippen molar-refractivity contribution in [2.24, 2.45) is 0 Å². The lowest BCUT2D eigenvalue weighted by atomic mass is 10.2. The molecule has 7 heteroatoms. The summed E-state index contributed by atoms with van der Waals surface area (Å²) >= 11 is 1.17. The highest BCUT2D eigenvalue weighted by Gasteiger charge is 2.18. The molecule has 0 atom stereocenters. The molecule has 0 saturated carbocycles. The molecule has 28 heavy (non-hydrogen) atoms. The van der Waals surface area contributed by atoms with Gasteiger partial charge >= 0.3 is 0 Å². The third-order valence-corrected chi connectivity index (χ3v) is 5.76. The number of nitriles is 1. The number of hydrogen-bond acceptors (Lipinski definition) is 7. The highest BCUT2D eigenvalue weighted by atomic mass is 32.2. The van der Waals surface area contributed by atoms with Crippen LogP contribution in [0, 0.1) is 10.7 Å². The van der Waals surface area contributed by atoms with E-state index >= 15 is 0 Å². The van der Waals surface area contributed by atoms with E-state index in [0.717, 1.165) is 62.9 Å². The third-order valence-electron chi connectivity index (χ3n) is 5.12. The summed E-state index contributed by atoms with van der Waals surface area (Å²) in [4.78, 5) is 8.11. The first-order valence-corrected chi connectivity index (χ1v) is 10.9. The maximum atomic E-state index is 9.31. The first kappa shape index (κ1) is 24.4. The fourth-order valence-corrected chi connectivity index (χ4v) is 3.74. The first-order valence-electron chi connectivity index (χ1n) is 10.1. The van der Waals surface area contributed by atoms with Crippen molar-refractivity contribution in [2.75, 3.05) is 71.5 Å². The average molecular weight is 409 g/mol. The Bertz CT molecular complexity index is 597. The van der Waals surface area contributed by atoms with Crippen LogP contribution in [0.2, 0.25) is 0 Å². The van der Waals surface area contributed by atoms with Crippen molar-refractivity contribution >= 4 is 17.4 Å². The van der Waals surface area contributed by atoms with Crippen molar-refractivity contribution in [3.05, 3.63) is 12.1 Å². The Morgan fingerprint density at radius 3 is 1.68 bits per heavy atom. The molecule has 0 saturated heterocycles. The smallest absolute Gasteiger partial charge is 0.162 e. The molecule has 0 radical (unpaired) electrons. The molecular formula is C21H36N4O2S. The van der Waals surface area contributed by atoms with E-state index < -0.39 is 0 Å². The number of hydrogen-bond donors (Lipinski definition) is 0. The van der Waals surface area contributed by atoms with Crippen LogP contribution in [0.4, 0.5) is 5.69 Å². The van der Waals surface area contributed by atoms with Crippen LogP contribution in [0.25, 0.3) is 0 Å². The van der Waals surface area contributed by atoms with Crippen molar-refractivity contribution in [3.8, 4) is 16.9 Å². The second-order valence-corrected chi connectivity index (χ2v) is 7.24. The quantitative estimate of drug-likeness (QED) is 0.343. The monoisotopic (exact) mass is 408 g/mol. The van der Waals surface area contributed by atoms with Gasteiger partial charge in [-0.15, -0.1) is 0 Å². The van der Waals surface area contributed by atoms with Crippen LogP contribution in [0.5, 0.6) is 11.5 Å². The molecule has 6 nitrogen and oxygen atoms in total. The molecule has 0 aliphatic heterocycles. The van der Waals surface area contributed by atoms with Gasteiger partial charge in [0.05, 0.1) is 19.9 Å². The van der Waals surface area contributed by atoms with Gasteiger partial charge in [0.25, 0.3) is 0 Å². The summed E-state index contributed by atoms with van der Waals surface area (Å²) in [6, 6.07) is 3.91. The number of rotatable bonds is 14. The second-order valence-electron chi connectivity index (χ2n) is 6.41. The standard InChI is InChI=1S/C21H36N4O2S/c1-7-23(8-2)11-13-25(14-12-24(9-3)10-4)18-15-19(26-5)20(27-6)16-21(18)28-17-22/h15-16H,7-14H2,1-6H3. The van der Waals surface area contributed by atoms with Crippen LogP contribution in [0.3, 0.4) is 0 Å². The lowest BCUT2D eigenvalue weighted by molar-refractivity contribution is 0.294. The Labute approximate surface area is 175 Å². The van der Waals surface area contributed by atoms with E-state index in [1.54, 1.807) is 14.2 Å². The predicted octanol–water partition coefficient (Wildman–Crippen LogP) is 3.77. The maximum absolute atomic E-state index is 9.31. The first-order chi connectivity index (χ1) is 13.6. The Balaban J connectivity index is 3.22. The minimum Gasteiger partial charge on any atom is -0.493 e. The van der Waals surface area contributed by atoms with Gasteiger partial charge < -0.3 is 24.2 Å². The molecule has 0 aliphatic carbocycles. The Morgan fingerprint density at radius 2 is 1.29 bits per heavy atom. The summed E-state index contributed by atoms with van der Waals surface area (Å²) in [6.45, 7) is 16.7. The van der Waals surface area contributed by atoms with E-state index in [0.29, 0.717) is 11.5 Å². The Morgan fingerprint density at radius 1 is 0.821 bits per heavy atom. The molecule has 0 spiro atoms. The molecule has 1 rings (SSSR count). The molecule has 0 amide bonds. The summed E-state index contributed by atoms with van der Waals surface area (Å²) in [5.41, 5.74) is 1.03. The number of thiocyanates is 1.